The van der Waals surface area contributed by atoms with E-state index in [0.29, 0.717) is 23.0 Å². The van der Waals surface area contributed by atoms with Crippen molar-refractivity contribution < 1.29 is 18.7 Å². The van der Waals surface area contributed by atoms with Crippen LogP contribution in [-0.4, -0.2) is 27.8 Å². The van der Waals surface area contributed by atoms with Gasteiger partial charge in [0.25, 0.3) is 5.91 Å². The molecular weight excluding hydrogens is 298 g/mol. The fraction of sp³-hybridized carbons (Fsp3) is 0.250. The summed E-state index contributed by atoms with van der Waals surface area (Å²) in [6, 6.07) is 8.54. The minimum absolute atomic E-state index is 0.00172. The van der Waals surface area contributed by atoms with Gasteiger partial charge in [-0.2, -0.15) is 5.10 Å². The highest BCUT2D eigenvalue weighted by Gasteiger charge is 2.28. The number of aryl methyl sites for hydroxylation is 1. The number of amides is 1. The van der Waals surface area contributed by atoms with Gasteiger partial charge in [-0.25, -0.2) is 0 Å². The standard InChI is InChI=1S/C16H17N3O4/c1-10-5-6-14(23-10)16(2,21)9-17-15(20)12-8-11(18-19-12)13-4-3-7-22-13/h3-8,21H,9H2,1-2H3,(H,17,20)(H,18,19). The Balaban J connectivity index is 1.65. The molecule has 23 heavy (non-hydrogen) atoms. The lowest BCUT2D eigenvalue weighted by molar-refractivity contribution is 0.0322. The number of hydrogen-bond donors (Lipinski definition) is 3. The van der Waals surface area contributed by atoms with E-state index in [4.69, 9.17) is 8.83 Å². The number of nitrogens with one attached hydrogen (secondary N) is 2. The van der Waals surface area contributed by atoms with Gasteiger partial charge in [0.15, 0.2) is 11.5 Å². The van der Waals surface area contributed by atoms with Gasteiger partial charge in [0, 0.05) is 6.07 Å². The monoisotopic (exact) mass is 315 g/mol. The molecule has 120 valence electrons. The minimum atomic E-state index is -1.30. The van der Waals surface area contributed by atoms with Crippen LogP contribution >= 0.6 is 0 Å². The van der Waals surface area contributed by atoms with Crippen molar-refractivity contribution in [3.63, 3.8) is 0 Å². The Bertz CT molecular complexity index is 799. The zero-order valence-corrected chi connectivity index (χ0v) is 12.8. The molecule has 0 bridgehead atoms. The number of rotatable bonds is 5. The summed E-state index contributed by atoms with van der Waals surface area (Å²) in [5.41, 5.74) is -0.485. The van der Waals surface area contributed by atoms with E-state index in [2.05, 4.69) is 15.5 Å². The van der Waals surface area contributed by atoms with Gasteiger partial charge in [0.1, 0.15) is 22.8 Å². The molecule has 0 aromatic carbocycles. The molecule has 1 atom stereocenters. The lowest BCUT2D eigenvalue weighted by Gasteiger charge is -2.20. The van der Waals surface area contributed by atoms with E-state index in [0.717, 1.165) is 0 Å². The molecule has 0 aliphatic rings. The van der Waals surface area contributed by atoms with Crippen LogP contribution in [0.25, 0.3) is 11.5 Å². The summed E-state index contributed by atoms with van der Waals surface area (Å²) in [5.74, 6) is 1.29. The van der Waals surface area contributed by atoms with Gasteiger partial charge in [-0.3, -0.25) is 9.89 Å². The van der Waals surface area contributed by atoms with Gasteiger partial charge in [-0.15, -0.1) is 0 Å². The molecule has 0 radical (unpaired) electrons. The largest absolute Gasteiger partial charge is 0.463 e. The fourth-order valence-electron chi connectivity index (χ4n) is 2.15. The van der Waals surface area contributed by atoms with E-state index in [1.807, 2.05) is 0 Å². The Morgan fingerprint density at radius 3 is 2.91 bits per heavy atom. The molecule has 0 saturated heterocycles. The second-order valence-electron chi connectivity index (χ2n) is 5.51. The Labute approximate surface area is 132 Å². The van der Waals surface area contributed by atoms with Crippen LogP contribution in [0.5, 0.6) is 0 Å². The molecule has 0 fully saturated rings. The van der Waals surface area contributed by atoms with Crippen LogP contribution in [0.1, 0.15) is 28.9 Å². The van der Waals surface area contributed by atoms with E-state index in [1.54, 1.807) is 50.4 Å². The van der Waals surface area contributed by atoms with Gasteiger partial charge < -0.3 is 19.3 Å². The van der Waals surface area contributed by atoms with Crippen molar-refractivity contribution in [1.82, 2.24) is 15.5 Å². The first kappa shape index (κ1) is 15.1. The summed E-state index contributed by atoms with van der Waals surface area (Å²) in [6.07, 6.45) is 1.54. The molecule has 3 aromatic heterocycles. The summed E-state index contributed by atoms with van der Waals surface area (Å²) < 4.78 is 10.6. The molecule has 1 amide bonds. The highest BCUT2D eigenvalue weighted by atomic mass is 16.4. The molecule has 0 aliphatic carbocycles. The molecule has 7 nitrogen and oxygen atoms in total. The summed E-state index contributed by atoms with van der Waals surface area (Å²) in [7, 11) is 0. The predicted molar refractivity (Wildman–Crippen MR) is 81.6 cm³/mol. The van der Waals surface area contributed by atoms with Gasteiger partial charge >= 0.3 is 0 Å². The van der Waals surface area contributed by atoms with Crippen LogP contribution in [0.2, 0.25) is 0 Å². The molecule has 3 rings (SSSR count). The zero-order chi connectivity index (χ0) is 16.4. The van der Waals surface area contributed by atoms with E-state index in [-0.39, 0.29) is 12.2 Å². The van der Waals surface area contributed by atoms with Crippen molar-refractivity contribution in [2.24, 2.45) is 0 Å². The predicted octanol–water partition coefficient (Wildman–Crippen LogP) is 2.21. The molecule has 3 heterocycles. The van der Waals surface area contributed by atoms with Crippen molar-refractivity contribution in [3.8, 4) is 11.5 Å². The average molecular weight is 315 g/mol. The normalized spacial score (nSPS) is 13.7. The Morgan fingerprint density at radius 2 is 2.26 bits per heavy atom. The lowest BCUT2D eigenvalue weighted by atomic mass is 10.0. The second-order valence-corrected chi connectivity index (χ2v) is 5.51. The third-order valence-electron chi connectivity index (χ3n) is 3.46. The highest BCUT2D eigenvalue weighted by Crippen LogP contribution is 2.22. The van der Waals surface area contributed by atoms with Gasteiger partial charge in [-0.05, 0) is 38.1 Å². The van der Waals surface area contributed by atoms with E-state index < -0.39 is 11.5 Å². The molecule has 3 aromatic rings. The van der Waals surface area contributed by atoms with Crippen molar-refractivity contribution >= 4 is 5.91 Å². The van der Waals surface area contributed by atoms with Crippen LogP contribution in [0.3, 0.4) is 0 Å². The molecule has 0 aliphatic heterocycles. The van der Waals surface area contributed by atoms with E-state index in [9.17, 15) is 9.90 Å². The van der Waals surface area contributed by atoms with Crippen molar-refractivity contribution in [2.45, 2.75) is 19.4 Å². The number of furan rings is 2. The average Bonchev–Trinajstić information content (AvgIpc) is 3.24. The van der Waals surface area contributed by atoms with E-state index in [1.165, 1.54) is 0 Å². The number of aliphatic hydroxyl groups is 1. The minimum Gasteiger partial charge on any atom is -0.463 e. The van der Waals surface area contributed by atoms with E-state index >= 15 is 0 Å². The van der Waals surface area contributed by atoms with Crippen LogP contribution in [0.15, 0.2) is 45.4 Å². The number of aromatic amines is 1. The Hall–Kier alpha value is -2.80. The molecular formula is C16H17N3O4. The number of carbonyl (C=O) groups excluding carboxylic acids is 1. The quantitative estimate of drug-likeness (QED) is 0.669. The zero-order valence-electron chi connectivity index (χ0n) is 12.8. The van der Waals surface area contributed by atoms with Crippen LogP contribution < -0.4 is 5.32 Å². The smallest absolute Gasteiger partial charge is 0.271 e. The van der Waals surface area contributed by atoms with Gasteiger partial charge in [0.05, 0.1) is 12.8 Å². The second kappa shape index (κ2) is 5.77. The van der Waals surface area contributed by atoms with Crippen LogP contribution in [0, 0.1) is 6.92 Å². The Kier molecular flexibility index (Phi) is 3.79. The summed E-state index contributed by atoms with van der Waals surface area (Å²) >= 11 is 0. The SMILES string of the molecule is Cc1ccc(C(C)(O)CNC(=O)c2cc(-c3ccco3)[nH]n2)o1. The first-order valence-electron chi connectivity index (χ1n) is 7.12. The third-order valence-corrected chi connectivity index (χ3v) is 3.46. The molecule has 0 saturated carbocycles. The summed E-state index contributed by atoms with van der Waals surface area (Å²) in [6.45, 7) is 3.37. The maximum atomic E-state index is 12.1. The first-order valence-corrected chi connectivity index (χ1v) is 7.12. The molecule has 3 N–H and O–H groups in total. The maximum absolute atomic E-state index is 12.1. The Morgan fingerprint density at radius 1 is 1.43 bits per heavy atom. The number of hydrogen-bond acceptors (Lipinski definition) is 5. The van der Waals surface area contributed by atoms with Gasteiger partial charge in [-0.1, -0.05) is 0 Å². The van der Waals surface area contributed by atoms with Crippen molar-refractivity contribution in [3.05, 3.63) is 53.8 Å². The van der Waals surface area contributed by atoms with Crippen molar-refractivity contribution in [2.75, 3.05) is 6.54 Å². The number of nitrogens with zero attached hydrogens (tertiary/aromatic N) is 1. The third kappa shape index (κ3) is 3.19. The molecule has 1 unspecified atom stereocenters. The fourth-order valence-corrected chi connectivity index (χ4v) is 2.15. The molecule has 0 spiro atoms. The maximum Gasteiger partial charge on any atom is 0.271 e. The first-order chi connectivity index (χ1) is 11.0. The van der Waals surface area contributed by atoms with Gasteiger partial charge in [0.2, 0.25) is 0 Å². The van der Waals surface area contributed by atoms with Crippen molar-refractivity contribution in [1.29, 1.82) is 0 Å². The van der Waals surface area contributed by atoms with Crippen LogP contribution in [-0.2, 0) is 5.60 Å². The summed E-state index contributed by atoms with van der Waals surface area (Å²) in [5, 5.41) is 19.7. The number of H-pyrrole nitrogens is 1. The van der Waals surface area contributed by atoms with Crippen LogP contribution in [0.4, 0.5) is 0 Å². The lowest BCUT2D eigenvalue weighted by Crippen LogP contribution is -2.38. The number of aromatic nitrogens is 2. The highest BCUT2D eigenvalue weighted by molar-refractivity contribution is 5.93. The topological polar surface area (TPSA) is 104 Å². The summed E-state index contributed by atoms with van der Waals surface area (Å²) in [4.78, 5) is 12.1. The molecule has 7 heteroatoms. The number of carbonyl (C=O) groups is 1.